The average molecular weight is 157 g/mol. The molecule has 0 aromatic rings. The fraction of sp³-hybridized carbons (Fsp3) is 0. The van der Waals surface area contributed by atoms with Crippen molar-refractivity contribution in [2.75, 3.05) is 0 Å². The smallest absolute Gasteiger partial charge is 0.239 e. The predicted octanol–water partition coefficient (Wildman–Crippen LogP) is -0.635. The van der Waals surface area contributed by atoms with Crippen LogP contribution in [-0.4, -0.2) is 21.9 Å². The minimum atomic E-state index is -2.61. The molecular weight excluding hydrogens is 154 g/mol. The van der Waals surface area contributed by atoms with Crippen LogP contribution in [0.4, 0.5) is 0 Å². The van der Waals surface area contributed by atoms with E-state index in [1.807, 2.05) is 0 Å². The third-order valence-electron chi connectivity index (χ3n) is 0.317. The van der Waals surface area contributed by atoms with Gasteiger partial charge in [-0.3, -0.25) is 5.41 Å². The zero-order chi connectivity index (χ0) is 6.73. The molecule has 0 spiro atoms. The van der Waals surface area contributed by atoms with Crippen LogP contribution in [0.5, 0.6) is 0 Å². The van der Waals surface area contributed by atoms with Gasteiger partial charge in [0.25, 0.3) is 0 Å². The summed E-state index contributed by atoms with van der Waals surface area (Å²) in [4.78, 5) is 0. The Balaban J connectivity index is 4.05. The van der Waals surface area contributed by atoms with Crippen LogP contribution >= 0.6 is 0 Å². The molecule has 0 rings (SSSR count). The van der Waals surface area contributed by atoms with Crippen molar-refractivity contribution in [3.05, 3.63) is 0 Å². The number of hydrogen-bond acceptors (Lipinski definition) is 3. The van der Waals surface area contributed by atoms with Gasteiger partial charge >= 0.3 is 0 Å². The molecule has 0 saturated heterocycles. The van der Waals surface area contributed by atoms with Gasteiger partial charge in [0.05, 0.1) is 0 Å². The lowest BCUT2D eigenvalue weighted by Crippen LogP contribution is -2.10. The normalized spacial score (nSPS) is 17.2. The maximum absolute atomic E-state index is 9.67. The first-order valence-corrected chi connectivity index (χ1v) is 3.57. The summed E-state index contributed by atoms with van der Waals surface area (Å²) in [6.07, 6.45) is 0. The number of nitrogens with one attached hydrogen (secondary N) is 1. The molecule has 0 bridgehead atoms. The molecule has 0 saturated carbocycles. The summed E-state index contributed by atoms with van der Waals surface area (Å²) in [5.41, 5.74) is 0. The Labute approximate surface area is 50.2 Å². The van der Waals surface area contributed by atoms with Crippen LogP contribution in [0.3, 0.4) is 0 Å². The molecule has 48 valence electrons. The predicted molar refractivity (Wildman–Crippen MR) is 29.3 cm³/mol. The van der Waals surface area contributed by atoms with Gasteiger partial charge in [0.2, 0.25) is 26.5 Å². The molecule has 0 fully saturated rings. The second-order valence-electron chi connectivity index (χ2n) is 0.786. The Bertz CT molecular complexity index is 136. The third kappa shape index (κ3) is 2.26. The van der Waals surface area contributed by atoms with E-state index in [1.165, 1.54) is 0 Å². The minimum Gasteiger partial charge on any atom is -0.301 e. The van der Waals surface area contributed by atoms with Gasteiger partial charge in [0, 0.05) is 0 Å². The maximum Gasteiger partial charge on any atom is 0.239 e. The van der Waals surface area contributed by atoms with Gasteiger partial charge in [0.15, 0.2) is 0 Å². The van der Waals surface area contributed by atoms with Gasteiger partial charge in [-0.1, -0.05) is 0 Å². The minimum absolute atomic E-state index is 1.09. The van der Waals surface area contributed by atoms with Gasteiger partial charge in [-0.25, -0.2) is 8.42 Å². The van der Waals surface area contributed by atoms with Crippen molar-refractivity contribution >= 4 is 26.5 Å². The quantitative estimate of drug-likeness (QED) is 0.247. The van der Waals surface area contributed by atoms with Crippen LogP contribution in [0.25, 0.3) is 0 Å². The Morgan fingerprint density at radius 2 is 1.50 bits per heavy atom. The SMILES string of the molecule is N=C(S(=O)O)S(=O)O. The van der Waals surface area contributed by atoms with Crippen LogP contribution in [0.15, 0.2) is 0 Å². The second-order valence-corrected chi connectivity index (χ2v) is 2.86. The van der Waals surface area contributed by atoms with Crippen molar-refractivity contribution in [1.82, 2.24) is 0 Å². The molecule has 0 aliphatic rings. The van der Waals surface area contributed by atoms with E-state index in [0.717, 1.165) is 0 Å². The molecule has 2 atom stereocenters. The van der Waals surface area contributed by atoms with E-state index in [-0.39, 0.29) is 0 Å². The van der Waals surface area contributed by atoms with Crippen LogP contribution in [0.1, 0.15) is 0 Å². The molecule has 0 aromatic carbocycles. The van der Waals surface area contributed by atoms with Gasteiger partial charge in [-0.15, -0.1) is 0 Å². The van der Waals surface area contributed by atoms with E-state index in [0.29, 0.717) is 0 Å². The van der Waals surface area contributed by atoms with Crippen LogP contribution in [0.2, 0.25) is 0 Å². The molecule has 0 aliphatic carbocycles. The molecule has 0 heterocycles. The highest BCUT2D eigenvalue weighted by molar-refractivity contribution is 8.21. The Morgan fingerprint density at radius 1 is 1.25 bits per heavy atom. The summed E-state index contributed by atoms with van der Waals surface area (Å²) in [5.74, 6) is 0. The molecule has 0 aliphatic heterocycles. The topological polar surface area (TPSA) is 98.5 Å². The summed E-state index contributed by atoms with van der Waals surface area (Å²) in [6.45, 7) is 0. The van der Waals surface area contributed by atoms with Crippen molar-refractivity contribution in [2.45, 2.75) is 0 Å². The Morgan fingerprint density at radius 3 is 1.50 bits per heavy atom. The second kappa shape index (κ2) is 3.02. The highest BCUT2D eigenvalue weighted by Crippen LogP contribution is 1.82. The van der Waals surface area contributed by atoms with E-state index in [2.05, 4.69) is 0 Å². The summed E-state index contributed by atoms with van der Waals surface area (Å²) >= 11 is -5.21. The fourth-order valence-electron chi connectivity index (χ4n) is 0.0610. The standard InChI is InChI=1S/CH3NO4S2/c2-1(7(3)4)8(5)6/h2H,(H,3,4)(H,5,6). The molecular formula is CH3NO4S2. The lowest BCUT2D eigenvalue weighted by Gasteiger charge is -1.86. The molecule has 2 unspecified atom stereocenters. The van der Waals surface area contributed by atoms with E-state index in [1.54, 1.807) is 0 Å². The fourth-order valence-corrected chi connectivity index (χ4v) is 0.549. The first kappa shape index (κ1) is 7.89. The number of hydrogen-bond donors (Lipinski definition) is 3. The molecule has 8 heavy (non-hydrogen) atoms. The third-order valence-corrected chi connectivity index (χ3v) is 1.81. The maximum atomic E-state index is 9.67. The molecule has 0 radical (unpaired) electrons. The van der Waals surface area contributed by atoms with Gasteiger partial charge < -0.3 is 9.11 Å². The lowest BCUT2D eigenvalue weighted by molar-refractivity contribution is 0.571. The summed E-state index contributed by atoms with van der Waals surface area (Å²) in [7, 11) is 0. The molecule has 7 heteroatoms. The van der Waals surface area contributed by atoms with Crippen LogP contribution < -0.4 is 0 Å². The Hall–Kier alpha value is -0.110. The largest absolute Gasteiger partial charge is 0.301 e. The summed E-state index contributed by atoms with van der Waals surface area (Å²) < 4.78 is 34.0. The molecule has 0 aromatic heterocycles. The monoisotopic (exact) mass is 157 g/mol. The van der Waals surface area contributed by atoms with Crippen molar-refractivity contribution in [3.63, 3.8) is 0 Å². The summed E-state index contributed by atoms with van der Waals surface area (Å²) in [5, 5.41) is 6.30. The average Bonchev–Trinajstić information content (AvgIpc) is 1.64. The van der Waals surface area contributed by atoms with Crippen molar-refractivity contribution in [1.29, 1.82) is 5.41 Å². The first-order valence-electron chi connectivity index (χ1n) is 1.36. The lowest BCUT2D eigenvalue weighted by atomic mass is 11.7. The van der Waals surface area contributed by atoms with E-state index in [4.69, 9.17) is 14.5 Å². The first-order chi connectivity index (χ1) is 3.55. The summed E-state index contributed by atoms with van der Waals surface area (Å²) in [6, 6.07) is 0. The highest BCUT2D eigenvalue weighted by atomic mass is 32.3. The van der Waals surface area contributed by atoms with Gasteiger partial charge in [-0.05, 0) is 0 Å². The van der Waals surface area contributed by atoms with Crippen molar-refractivity contribution in [2.24, 2.45) is 0 Å². The van der Waals surface area contributed by atoms with Crippen molar-refractivity contribution < 1.29 is 17.5 Å². The molecule has 3 N–H and O–H groups in total. The van der Waals surface area contributed by atoms with E-state index < -0.39 is 26.5 Å². The van der Waals surface area contributed by atoms with Crippen molar-refractivity contribution in [3.8, 4) is 0 Å². The Kier molecular flexibility index (Phi) is 2.98. The van der Waals surface area contributed by atoms with Crippen LogP contribution in [-0.2, 0) is 22.2 Å². The molecule has 0 amide bonds. The van der Waals surface area contributed by atoms with E-state index in [9.17, 15) is 8.42 Å². The van der Waals surface area contributed by atoms with Crippen LogP contribution in [0, 0.1) is 5.41 Å². The molecule has 5 nitrogen and oxygen atoms in total. The zero-order valence-electron chi connectivity index (χ0n) is 3.53. The highest BCUT2D eigenvalue weighted by Gasteiger charge is 2.08. The van der Waals surface area contributed by atoms with E-state index >= 15 is 0 Å². The zero-order valence-corrected chi connectivity index (χ0v) is 5.16. The number of rotatable bonds is 0. The van der Waals surface area contributed by atoms with Gasteiger partial charge in [0.1, 0.15) is 0 Å². The van der Waals surface area contributed by atoms with Gasteiger partial charge in [-0.2, -0.15) is 0 Å².